The standard InChI is InChI=1S/C12H21N5O2/c1-3-10-11(16-13)14-7-15-12(10)17-4-9(5-18)19-6-8(17)2/h7-9,18H,3-6,13H2,1-2H3,(H,14,15,16). The number of aliphatic hydroxyl groups is 1. The number of hydrogen-bond acceptors (Lipinski definition) is 7. The van der Waals surface area contributed by atoms with Gasteiger partial charge in [-0.25, -0.2) is 15.8 Å². The van der Waals surface area contributed by atoms with Crippen molar-refractivity contribution >= 4 is 11.6 Å². The van der Waals surface area contributed by atoms with Gasteiger partial charge in [-0.1, -0.05) is 6.92 Å². The topological polar surface area (TPSA) is 96.5 Å². The van der Waals surface area contributed by atoms with Gasteiger partial charge in [-0.05, 0) is 13.3 Å². The summed E-state index contributed by atoms with van der Waals surface area (Å²) in [5.74, 6) is 7.00. The van der Waals surface area contributed by atoms with Gasteiger partial charge in [-0.15, -0.1) is 0 Å². The molecule has 0 bridgehead atoms. The highest BCUT2D eigenvalue weighted by Gasteiger charge is 2.28. The number of anilines is 2. The second kappa shape index (κ2) is 6.14. The van der Waals surface area contributed by atoms with Gasteiger partial charge in [-0.2, -0.15) is 0 Å². The van der Waals surface area contributed by atoms with Crippen molar-refractivity contribution in [3.63, 3.8) is 0 Å². The predicted octanol–water partition coefficient (Wildman–Crippen LogP) is -0.0894. The third-order valence-electron chi connectivity index (χ3n) is 3.39. The van der Waals surface area contributed by atoms with Gasteiger partial charge in [0.15, 0.2) is 0 Å². The van der Waals surface area contributed by atoms with E-state index < -0.39 is 0 Å². The van der Waals surface area contributed by atoms with Gasteiger partial charge in [0.25, 0.3) is 0 Å². The van der Waals surface area contributed by atoms with Crippen LogP contribution in [0.25, 0.3) is 0 Å². The summed E-state index contributed by atoms with van der Waals surface area (Å²) in [6.07, 6.45) is 2.11. The van der Waals surface area contributed by atoms with Gasteiger partial charge in [0.05, 0.1) is 25.4 Å². The predicted molar refractivity (Wildman–Crippen MR) is 72.9 cm³/mol. The molecule has 1 aromatic heterocycles. The van der Waals surface area contributed by atoms with E-state index >= 15 is 0 Å². The first-order chi connectivity index (χ1) is 9.21. The van der Waals surface area contributed by atoms with E-state index in [-0.39, 0.29) is 18.8 Å². The first-order valence-electron chi connectivity index (χ1n) is 6.50. The van der Waals surface area contributed by atoms with Gasteiger partial charge in [0.1, 0.15) is 18.0 Å². The van der Waals surface area contributed by atoms with E-state index in [4.69, 9.17) is 10.6 Å². The molecule has 2 unspecified atom stereocenters. The normalized spacial score (nSPS) is 23.5. The number of nitrogen functional groups attached to an aromatic ring is 1. The lowest BCUT2D eigenvalue weighted by Crippen LogP contribution is -2.50. The third kappa shape index (κ3) is 2.78. The van der Waals surface area contributed by atoms with Crippen LogP contribution in [0.15, 0.2) is 6.33 Å². The number of morpholine rings is 1. The Kier molecular flexibility index (Phi) is 4.52. The molecule has 0 aliphatic carbocycles. The van der Waals surface area contributed by atoms with Crippen LogP contribution in [-0.2, 0) is 11.2 Å². The van der Waals surface area contributed by atoms with E-state index in [1.165, 1.54) is 6.33 Å². The van der Waals surface area contributed by atoms with Crippen molar-refractivity contribution in [2.75, 3.05) is 30.1 Å². The quantitative estimate of drug-likeness (QED) is 0.518. The zero-order valence-electron chi connectivity index (χ0n) is 11.3. The van der Waals surface area contributed by atoms with E-state index in [0.717, 1.165) is 17.8 Å². The largest absolute Gasteiger partial charge is 0.394 e. The van der Waals surface area contributed by atoms with E-state index in [0.29, 0.717) is 19.0 Å². The fourth-order valence-corrected chi connectivity index (χ4v) is 2.32. The summed E-state index contributed by atoms with van der Waals surface area (Å²) in [6.45, 7) is 5.32. The van der Waals surface area contributed by atoms with Gasteiger partial charge in [-0.3, -0.25) is 0 Å². The number of ether oxygens (including phenoxy) is 1. The Hall–Kier alpha value is -1.44. The molecule has 1 saturated heterocycles. The molecular weight excluding hydrogens is 246 g/mol. The molecule has 106 valence electrons. The lowest BCUT2D eigenvalue weighted by Gasteiger charge is -2.39. The molecule has 7 heteroatoms. The highest BCUT2D eigenvalue weighted by atomic mass is 16.5. The molecule has 0 aromatic carbocycles. The van der Waals surface area contributed by atoms with Crippen molar-refractivity contribution in [1.82, 2.24) is 9.97 Å². The number of aromatic nitrogens is 2. The first kappa shape index (κ1) is 14.0. The Labute approximate surface area is 112 Å². The number of nitrogens with one attached hydrogen (secondary N) is 1. The minimum absolute atomic E-state index is 0.0117. The second-order valence-electron chi connectivity index (χ2n) is 4.66. The van der Waals surface area contributed by atoms with Crippen molar-refractivity contribution in [2.45, 2.75) is 32.4 Å². The molecule has 2 heterocycles. The molecule has 1 aliphatic rings. The molecule has 0 saturated carbocycles. The Morgan fingerprint density at radius 3 is 3.00 bits per heavy atom. The van der Waals surface area contributed by atoms with Crippen LogP contribution in [0.5, 0.6) is 0 Å². The average molecular weight is 267 g/mol. The van der Waals surface area contributed by atoms with Crippen molar-refractivity contribution in [1.29, 1.82) is 0 Å². The lowest BCUT2D eigenvalue weighted by molar-refractivity contribution is -0.0106. The molecule has 7 nitrogen and oxygen atoms in total. The van der Waals surface area contributed by atoms with Crippen LogP contribution in [0, 0.1) is 0 Å². The summed E-state index contributed by atoms with van der Waals surface area (Å²) in [7, 11) is 0. The van der Waals surface area contributed by atoms with E-state index in [9.17, 15) is 5.11 Å². The van der Waals surface area contributed by atoms with Crippen molar-refractivity contribution in [2.24, 2.45) is 5.84 Å². The summed E-state index contributed by atoms with van der Waals surface area (Å²) in [6, 6.07) is 0.202. The molecule has 0 spiro atoms. The number of rotatable bonds is 4. The first-order valence-corrected chi connectivity index (χ1v) is 6.50. The van der Waals surface area contributed by atoms with E-state index in [1.807, 2.05) is 6.92 Å². The Morgan fingerprint density at radius 2 is 2.37 bits per heavy atom. The zero-order valence-corrected chi connectivity index (χ0v) is 11.3. The SMILES string of the molecule is CCc1c(NN)ncnc1N1CC(CO)OCC1C. The minimum Gasteiger partial charge on any atom is -0.394 e. The van der Waals surface area contributed by atoms with Crippen LogP contribution in [0.1, 0.15) is 19.4 Å². The van der Waals surface area contributed by atoms with Crippen LogP contribution in [0.3, 0.4) is 0 Å². The lowest BCUT2D eigenvalue weighted by atomic mass is 10.1. The van der Waals surface area contributed by atoms with Gasteiger partial charge in [0, 0.05) is 12.1 Å². The maximum atomic E-state index is 9.25. The van der Waals surface area contributed by atoms with Gasteiger partial charge in [0.2, 0.25) is 0 Å². The molecular formula is C12H21N5O2. The van der Waals surface area contributed by atoms with Crippen molar-refractivity contribution in [3.05, 3.63) is 11.9 Å². The fraction of sp³-hybridized carbons (Fsp3) is 0.667. The molecule has 1 aliphatic heterocycles. The van der Waals surface area contributed by atoms with E-state index in [1.54, 1.807) is 0 Å². The van der Waals surface area contributed by atoms with Crippen LogP contribution < -0.4 is 16.2 Å². The molecule has 1 aromatic rings. The monoisotopic (exact) mass is 267 g/mol. The highest BCUT2D eigenvalue weighted by molar-refractivity contribution is 5.59. The molecule has 4 N–H and O–H groups in total. The number of nitrogens with two attached hydrogens (primary N) is 1. The molecule has 0 amide bonds. The number of hydrazine groups is 1. The summed E-state index contributed by atoms with van der Waals surface area (Å²) in [5.41, 5.74) is 3.59. The fourth-order valence-electron chi connectivity index (χ4n) is 2.32. The van der Waals surface area contributed by atoms with Crippen LogP contribution in [0.4, 0.5) is 11.6 Å². The molecule has 2 atom stereocenters. The number of aliphatic hydroxyl groups excluding tert-OH is 1. The van der Waals surface area contributed by atoms with Crippen LogP contribution >= 0.6 is 0 Å². The maximum Gasteiger partial charge on any atom is 0.148 e. The summed E-state index contributed by atoms with van der Waals surface area (Å²) < 4.78 is 5.55. The Bertz CT molecular complexity index is 429. The zero-order chi connectivity index (χ0) is 13.8. The summed E-state index contributed by atoms with van der Waals surface area (Å²) in [4.78, 5) is 10.7. The van der Waals surface area contributed by atoms with Gasteiger partial charge >= 0.3 is 0 Å². The van der Waals surface area contributed by atoms with Gasteiger partial charge < -0.3 is 20.2 Å². The van der Waals surface area contributed by atoms with Crippen molar-refractivity contribution < 1.29 is 9.84 Å². The Morgan fingerprint density at radius 1 is 1.58 bits per heavy atom. The maximum absolute atomic E-state index is 9.25. The number of nitrogens with zero attached hydrogens (tertiary/aromatic N) is 3. The van der Waals surface area contributed by atoms with E-state index in [2.05, 4.69) is 27.2 Å². The average Bonchev–Trinajstić information content (AvgIpc) is 2.46. The van der Waals surface area contributed by atoms with Crippen LogP contribution in [-0.4, -0.2) is 47.0 Å². The number of hydrogen-bond donors (Lipinski definition) is 3. The van der Waals surface area contributed by atoms with Crippen LogP contribution in [0.2, 0.25) is 0 Å². The molecule has 2 rings (SSSR count). The third-order valence-corrected chi connectivity index (χ3v) is 3.39. The molecule has 19 heavy (non-hydrogen) atoms. The minimum atomic E-state index is -0.176. The molecule has 0 radical (unpaired) electrons. The van der Waals surface area contributed by atoms with Crippen molar-refractivity contribution in [3.8, 4) is 0 Å². The highest BCUT2D eigenvalue weighted by Crippen LogP contribution is 2.27. The second-order valence-corrected chi connectivity index (χ2v) is 4.66. The summed E-state index contributed by atoms with van der Waals surface area (Å²) >= 11 is 0. The summed E-state index contributed by atoms with van der Waals surface area (Å²) in [5, 5.41) is 9.25. The smallest absolute Gasteiger partial charge is 0.148 e. The Balaban J connectivity index is 2.33. The molecule has 1 fully saturated rings.